The molecule has 0 saturated carbocycles. The normalized spacial score (nSPS) is 15.7. The van der Waals surface area contributed by atoms with Crippen LogP contribution in [-0.4, -0.2) is 0 Å². The Balaban J connectivity index is 1.71. The van der Waals surface area contributed by atoms with Crippen molar-refractivity contribution in [2.75, 3.05) is 0 Å². The van der Waals surface area contributed by atoms with Crippen molar-refractivity contribution in [1.82, 2.24) is 0 Å². The highest BCUT2D eigenvalue weighted by Crippen LogP contribution is 2.72. The quantitative estimate of drug-likeness (QED) is 0.449. The molecule has 4 rings (SSSR count). The molecule has 0 fully saturated rings. The molecule has 3 aromatic carbocycles. The van der Waals surface area contributed by atoms with Crippen molar-refractivity contribution < 1.29 is 0 Å². The fourth-order valence-corrected chi connectivity index (χ4v) is 4.86. The molecule has 3 aromatic rings. The van der Waals surface area contributed by atoms with Crippen LogP contribution in [0.1, 0.15) is 11.1 Å². The van der Waals surface area contributed by atoms with Crippen LogP contribution in [0.25, 0.3) is 5.31 Å². The predicted octanol–water partition coefficient (Wildman–Crippen LogP) is 5.23. The number of allylic oxidation sites excluding steroid dienone is 1. The van der Waals surface area contributed by atoms with E-state index >= 15 is 0 Å². The van der Waals surface area contributed by atoms with Crippen molar-refractivity contribution in [2.24, 2.45) is 0 Å². The number of rotatable bonds is 2. The molecule has 0 N–H and O–H groups in total. The van der Waals surface area contributed by atoms with Gasteiger partial charge in [0.05, 0.1) is 0 Å². The summed E-state index contributed by atoms with van der Waals surface area (Å²) in [4.78, 5) is 0. The Morgan fingerprint density at radius 2 is 1.13 bits per heavy atom. The van der Waals surface area contributed by atoms with Crippen molar-refractivity contribution >= 4 is 18.5 Å². The molecule has 108 valence electrons. The van der Waals surface area contributed by atoms with Crippen LogP contribution in [0, 0.1) is 11.8 Å². The largest absolute Gasteiger partial charge is 0.0622 e. The molecule has 0 aliphatic carbocycles. The Kier molecular flexibility index (Phi) is 3.81. The summed E-state index contributed by atoms with van der Waals surface area (Å²) in [5.41, 5.74) is 2.38. The molecule has 0 aromatic heterocycles. The van der Waals surface area contributed by atoms with Gasteiger partial charge in [0.2, 0.25) is 0 Å². The molecule has 0 bridgehead atoms. The minimum absolute atomic E-state index is 0.385. The zero-order valence-electron chi connectivity index (χ0n) is 12.6. The van der Waals surface area contributed by atoms with Gasteiger partial charge >= 0.3 is 0 Å². The number of hydrogen-bond acceptors (Lipinski definition) is 0. The van der Waals surface area contributed by atoms with Crippen LogP contribution in [0.5, 0.6) is 0 Å². The van der Waals surface area contributed by atoms with Gasteiger partial charge in [0, 0.05) is 16.2 Å². The maximum absolute atomic E-state index is 3.43. The molecule has 0 spiro atoms. The zero-order valence-corrected chi connectivity index (χ0v) is 13.5. The summed E-state index contributed by atoms with van der Waals surface area (Å²) in [5.74, 6) is 6.74. The van der Waals surface area contributed by atoms with E-state index in [-0.39, 0.29) is 7.92 Å². The van der Waals surface area contributed by atoms with Gasteiger partial charge < -0.3 is 0 Å². The third-order valence-electron chi connectivity index (χ3n) is 3.78. The average molecular weight is 310 g/mol. The molecule has 0 radical (unpaired) electrons. The second kappa shape index (κ2) is 6.25. The van der Waals surface area contributed by atoms with E-state index in [2.05, 4.69) is 84.6 Å². The Morgan fingerprint density at radius 1 is 0.565 bits per heavy atom. The third-order valence-corrected chi connectivity index (χ3v) is 6.08. The SMILES string of the molecule is C(#Cc1ccccc1)C1=C(c2ccccc2)P1c1ccccc1. The summed E-state index contributed by atoms with van der Waals surface area (Å²) in [6.07, 6.45) is 0. The average Bonchev–Trinajstić information content (AvgIpc) is 3.37. The summed E-state index contributed by atoms with van der Waals surface area (Å²) in [6.45, 7) is 0. The lowest BCUT2D eigenvalue weighted by molar-refractivity contribution is 1.65. The summed E-state index contributed by atoms with van der Waals surface area (Å²) in [6, 6.07) is 31.6. The minimum Gasteiger partial charge on any atom is -0.0622 e. The van der Waals surface area contributed by atoms with Crippen molar-refractivity contribution in [1.29, 1.82) is 0 Å². The minimum atomic E-state index is -0.385. The maximum Gasteiger partial charge on any atom is 0.0438 e. The molecular formula is C22H15P. The molecule has 1 aliphatic rings. The summed E-state index contributed by atoms with van der Waals surface area (Å²) < 4.78 is 0. The standard InChI is InChI=1S/C22H15P/c1-4-10-18(11-5-1)16-17-21-22(19-12-6-2-7-13-19)23(21)20-14-8-3-9-15-20/h1-15H. The topological polar surface area (TPSA) is 0 Å². The van der Waals surface area contributed by atoms with Crippen LogP contribution < -0.4 is 5.30 Å². The maximum atomic E-state index is 3.43. The van der Waals surface area contributed by atoms with E-state index in [0.29, 0.717) is 0 Å². The number of hydrogen-bond donors (Lipinski definition) is 0. The van der Waals surface area contributed by atoms with Crippen LogP contribution >= 0.6 is 7.92 Å². The first-order valence-electron chi connectivity index (χ1n) is 7.65. The van der Waals surface area contributed by atoms with Gasteiger partial charge in [-0.25, -0.2) is 0 Å². The van der Waals surface area contributed by atoms with Crippen molar-refractivity contribution in [2.45, 2.75) is 0 Å². The van der Waals surface area contributed by atoms with E-state index in [1.807, 2.05) is 18.2 Å². The van der Waals surface area contributed by atoms with E-state index < -0.39 is 0 Å². The second-order valence-corrected chi connectivity index (χ2v) is 7.43. The second-order valence-electron chi connectivity index (χ2n) is 5.35. The van der Waals surface area contributed by atoms with Gasteiger partial charge in [-0.15, -0.1) is 0 Å². The van der Waals surface area contributed by atoms with Crippen LogP contribution in [-0.2, 0) is 0 Å². The Hall–Kier alpha value is -2.61. The van der Waals surface area contributed by atoms with Gasteiger partial charge in [-0.2, -0.15) is 0 Å². The molecule has 1 aliphatic heterocycles. The van der Waals surface area contributed by atoms with Gasteiger partial charge in [0.25, 0.3) is 0 Å². The van der Waals surface area contributed by atoms with Gasteiger partial charge in [-0.05, 0) is 30.9 Å². The van der Waals surface area contributed by atoms with E-state index in [1.165, 1.54) is 21.5 Å². The van der Waals surface area contributed by atoms with Gasteiger partial charge in [-0.1, -0.05) is 90.7 Å². The first-order chi connectivity index (χ1) is 11.4. The molecule has 0 saturated heterocycles. The van der Waals surface area contributed by atoms with E-state index in [9.17, 15) is 0 Å². The van der Waals surface area contributed by atoms with Crippen molar-refractivity contribution in [3.05, 3.63) is 107 Å². The Bertz CT molecular complexity index is 898. The summed E-state index contributed by atoms with van der Waals surface area (Å²) in [7, 11) is -0.385. The molecule has 1 heterocycles. The lowest BCUT2D eigenvalue weighted by Crippen LogP contribution is -1.92. The van der Waals surface area contributed by atoms with Gasteiger partial charge in [-0.3, -0.25) is 0 Å². The van der Waals surface area contributed by atoms with E-state index in [0.717, 1.165) is 5.56 Å². The highest BCUT2D eigenvalue weighted by molar-refractivity contribution is 7.88. The first-order valence-corrected chi connectivity index (χ1v) is 8.99. The highest BCUT2D eigenvalue weighted by Gasteiger charge is 2.37. The van der Waals surface area contributed by atoms with E-state index in [1.54, 1.807) is 0 Å². The van der Waals surface area contributed by atoms with Gasteiger partial charge in [0.15, 0.2) is 0 Å². The fraction of sp³-hybridized carbons (Fsp3) is 0. The van der Waals surface area contributed by atoms with Crippen LogP contribution in [0.3, 0.4) is 0 Å². The fourth-order valence-electron chi connectivity index (χ4n) is 2.63. The van der Waals surface area contributed by atoms with Crippen LogP contribution in [0.2, 0.25) is 0 Å². The number of benzene rings is 3. The lowest BCUT2D eigenvalue weighted by Gasteiger charge is -2.00. The zero-order chi connectivity index (χ0) is 15.5. The Labute approximate surface area is 138 Å². The lowest BCUT2D eigenvalue weighted by atomic mass is 10.2. The van der Waals surface area contributed by atoms with Crippen LogP contribution in [0.4, 0.5) is 0 Å². The molecule has 23 heavy (non-hydrogen) atoms. The first kappa shape index (κ1) is 14.0. The Morgan fingerprint density at radius 3 is 1.78 bits per heavy atom. The molecule has 1 heteroatoms. The van der Waals surface area contributed by atoms with Crippen LogP contribution in [0.15, 0.2) is 96.3 Å². The monoisotopic (exact) mass is 310 g/mol. The van der Waals surface area contributed by atoms with Crippen molar-refractivity contribution in [3.63, 3.8) is 0 Å². The molecular weight excluding hydrogens is 295 g/mol. The van der Waals surface area contributed by atoms with Gasteiger partial charge in [0.1, 0.15) is 0 Å². The molecule has 0 amide bonds. The third kappa shape index (κ3) is 2.98. The summed E-state index contributed by atoms with van der Waals surface area (Å²) in [5, 5.41) is 4.12. The molecule has 0 nitrogen and oxygen atoms in total. The van der Waals surface area contributed by atoms with Crippen molar-refractivity contribution in [3.8, 4) is 11.8 Å². The highest BCUT2D eigenvalue weighted by atomic mass is 31.1. The summed E-state index contributed by atoms with van der Waals surface area (Å²) >= 11 is 0. The van der Waals surface area contributed by atoms with E-state index in [4.69, 9.17) is 0 Å². The smallest absolute Gasteiger partial charge is 0.0438 e. The predicted molar refractivity (Wildman–Crippen MR) is 99.7 cm³/mol. The molecule has 1 atom stereocenters. The molecule has 1 unspecified atom stereocenters.